The zero-order valence-corrected chi connectivity index (χ0v) is 12.7. The number of hydrogen-bond donors (Lipinski definition) is 1. The average Bonchev–Trinajstić information content (AvgIpc) is 2.43. The Bertz CT molecular complexity index is 252. The molecule has 1 aliphatic heterocycles. The molecule has 112 valence electrons. The first-order chi connectivity index (χ1) is 9.19. The fourth-order valence-electron chi connectivity index (χ4n) is 2.59. The molecular formula is C16H30O3. The molecule has 0 saturated carbocycles. The van der Waals surface area contributed by atoms with Crippen LogP contribution in [-0.2, 0) is 9.47 Å². The van der Waals surface area contributed by atoms with E-state index < -0.39 is 0 Å². The molecule has 1 heterocycles. The molecule has 0 aromatic heterocycles. The first-order valence-electron chi connectivity index (χ1n) is 7.68. The summed E-state index contributed by atoms with van der Waals surface area (Å²) in [6.45, 7) is 5.22. The van der Waals surface area contributed by atoms with Crippen LogP contribution in [0.4, 0.5) is 0 Å². The molecule has 1 rings (SSSR count). The van der Waals surface area contributed by atoms with Crippen molar-refractivity contribution < 1.29 is 14.6 Å². The molecule has 0 aliphatic carbocycles. The Morgan fingerprint density at radius 1 is 1.47 bits per heavy atom. The van der Waals surface area contributed by atoms with Crippen molar-refractivity contribution in [2.75, 3.05) is 13.7 Å². The highest BCUT2D eigenvalue weighted by atomic mass is 16.5. The van der Waals surface area contributed by atoms with Crippen LogP contribution in [0, 0.1) is 5.92 Å². The molecule has 0 radical (unpaired) electrons. The highest BCUT2D eigenvalue weighted by Crippen LogP contribution is 2.19. The molecule has 0 spiro atoms. The van der Waals surface area contributed by atoms with E-state index in [1.165, 1.54) is 19.3 Å². The van der Waals surface area contributed by atoms with Crippen molar-refractivity contribution in [3.63, 3.8) is 0 Å². The maximum Gasteiger partial charge on any atom is 0.0868 e. The summed E-state index contributed by atoms with van der Waals surface area (Å²) in [4.78, 5) is 0. The molecule has 1 fully saturated rings. The van der Waals surface area contributed by atoms with E-state index in [9.17, 15) is 5.11 Å². The van der Waals surface area contributed by atoms with E-state index in [0.717, 1.165) is 25.9 Å². The van der Waals surface area contributed by atoms with Crippen molar-refractivity contribution in [2.24, 2.45) is 5.92 Å². The molecule has 3 nitrogen and oxygen atoms in total. The van der Waals surface area contributed by atoms with Crippen LogP contribution >= 0.6 is 0 Å². The van der Waals surface area contributed by atoms with E-state index >= 15 is 0 Å². The van der Waals surface area contributed by atoms with E-state index in [2.05, 4.69) is 26.0 Å². The van der Waals surface area contributed by atoms with Crippen LogP contribution in [0.3, 0.4) is 0 Å². The van der Waals surface area contributed by atoms with Crippen LogP contribution in [0.1, 0.15) is 52.4 Å². The van der Waals surface area contributed by atoms with Gasteiger partial charge in [-0.3, -0.25) is 0 Å². The maximum absolute atomic E-state index is 9.83. The van der Waals surface area contributed by atoms with Gasteiger partial charge in [-0.1, -0.05) is 38.8 Å². The molecule has 3 heteroatoms. The summed E-state index contributed by atoms with van der Waals surface area (Å²) in [7, 11) is 1.77. The number of rotatable bonds is 8. The number of ether oxygens (including phenoxy) is 2. The van der Waals surface area contributed by atoms with E-state index in [1.54, 1.807) is 7.11 Å². The summed E-state index contributed by atoms with van der Waals surface area (Å²) < 4.78 is 11.1. The van der Waals surface area contributed by atoms with Crippen LogP contribution in [0.2, 0.25) is 0 Å². The van der Waals surface area contributed by atoms with Gasteiger partial charge in [0.05, 0.1) is 18.3 Å². The fraction of sp³-hybridized carbons (Fsp3) is 0.875. The van der Waals surface area contributed by atoms with Gasteiger partial charge >= 0.3 is 0 Å². The lowest BCUT2D eigenvalue weighted by atomic mass is 9.96. The zero-order chi connectivity index (χ0) is 14.1. The van der Waals surface area contributed by atoms with E-state index in [1.807, 2.05) is 0 Å². The first-order valence-corrected chi connectivity index (χ1v) is 7.68. The number of aliphatic hydroxyl groups excluding tert-OH is 1. The largest absolute Gasteiger partial charge is 0.390 e. The molecule has 19 heavy (non-hydrogen) atoms. The van der Waals surface area contributed by atoms with Crippen molar-refractivity contribution in [1.29, 1.82) is 0 Å². The van der Waals surface area contributed by atoms with Gasteiger partial charge in [0.15, 0.2) is 0 Å². The minimum absolute atomic E-state index is 0.0338. The topological polar surface area (TPSA) is 38.7 Å². The minimum atomic E-state index is -0.308. The number of aliphatic hydroxyl groups is 1. The normalized spacial score (nSPS) is 27.6. The Hall–Kier alpha value is -0.380. The molecule has 0 amide bonds. The number of hydrogen-bond acceptors (Lipinski definition) is 3. The molecule has 4 atom stereocenters. The predicted molar refractivity (Wildman–Crippen MR) is 78.2 cm³/mol. The molecular weight excluding hydrogens is 240 g/mol. The Labute approximate surface area is 118 Å². The zero-order valence-electron chi connectivity index (χ0n) is 12.7. The van der Waals surface area contributed by atoms with Gasteiger partial charge in [0, 0.05) is 13.7 Å². The molecule has 1 saturated heterocycles. The van der Waals surface area contributed by atoms with Gasteiger partial charge in [-0.2, -0.15) is 0 Å². The van der Waals surface area contributed by atoms with E-state index in [4.69, 9.17) is 9.47 Å². The van der Waals surface area contributed by atoms with Gasteiger partial charge in [0.2, 0.25) is 0 Å². The average molecular weight is 270 g/mol. The van der Waals surface area contributed by atoms with E-state index in [-0.39, 0.29) is 18.3 Å². The third kappa shape index (κ3) is 6.07. The van der Waals surface area contributed by atoms with Gasteiger partial charge in [0.25, 0.3) is 0 Å². The van der Waals surface area contributed by atoms with Gasteiger partial charge in [-0.05, 0) is 31.6 Å². The second-order valence-electron chi connectivity index (χ2n) is 5.60. The molecule has 0 unspecified atom stereocenters. The fourth-order valence-corrected chi connectivity index (χ4v) is 2.59. The molecule has 0 bridgehead atoms. The maximum atomic E-state index is 9.83. The number of methoxy groups -OCH3 is 1. The summed E-state index contributed by atoms with van der Waals surface area (Å²) >= 11 is 0. The van der Waals surface area contributed by atoms with Gasteiger partial charge in [0.1, 0.15) is 0 Å². The monoisotopic (exact) mass is 270 g/mol. The van der Waals surface area contributed by atoms with Crippen molar-refractivity contribution >= 4 is 0 Å². The molecule has 0 aromatic rings. The predicted octanol–water partition coefficient (Wildman–Crippen LogP) is 3.31. The lowest BCUT2D eigenvalue weighted by Gasteiger charge is -2.27. The first kappa shape index (κ1) is 16.7. The smallest absolute Gasteiger partial charge is 0.0868 e. The lowest BCUT2D eigenvalue weighted by Crippen LogP contribution is -2.33. The summed E-state index contributed by atoms with van der Waals surface area (Å²) in [6.07, 6.45) is 10.4. The van der Waals surface area contributed by atoms with Crippen LogP contribution < -0.4 is 0 Å². The van der Waals surface area contributed by atoms with Crippen molar-refractivity contribution in [3.8, 4) is 0 Å². The van der Waals surface area contributed by atoms with Crippen LogP contribution in [0.5, 0.6) is 0 Å². The summed E-state index contributed by atoms with van der Waals surface area (Å²) in [5.74, 6) is 0.540. The van der Waals surface area contributed by atoms with Gasteiger partial charge in [-0.25, -0.2) is 0 Å². The highest BCUT2D eigenvalue weighted by molar-refractivity contribution is 4.94. The summed E-state index contributed by atoms with van der Waals surface area (Å²) in [6, 6.07) is 0. The molecule has 1 aliphatic rings. The van der Waals surface area contributed by atoms with Gasteiger partial charge < -0.3 is 14.6 Å². The third-order valence-electron chi connectivity index (χ3n) is 3.95. The second kappa shape index (κ2) is 9.51. The Kier molecular flexibility index (Phi) is 8.35. The Morgan fingerprint density at radius 2 is 2.26 bits per heavy atom. The lowest BCUT2D eigenvalue weighted by molar-refractivity contribution is -0.0714. The Morgan fingerprint density at radius 3 is 2.89 bits per heavy atom. The summed E-state index contributed by atoms with van der Waals surface area (Å²) in [5, 5.41) is 9.83. The second-order valence-corrected chi connectivity index (χ2v) is 5.60. The van der Waals surface area contributed by atoms with Crippen LogP contribution in [-0.4, -0.2) is 37.1 Å². The van der Waals surface area contributed by atoms with Crippen LogP contribution in [0.25, 0.3) is 0 Å². The van der Waals surface area contributed by atoms with Gasteiger partial charge in [-0.15, -0.1) is 0 Å². The third-order valence-corrected chi connectivity index (χ3v) is 3.95. The highest BCUT2D eigenvalue weighted by Gasteiger charge is 2.22. The SMILES string of the molecule is CCCC[C@H](C)[C@@H](/C=C\C[C@@H]1OCCC[C@H]1O)OC. The van der Waals surface area contributed by atoms with Crippen molar-refractivity contribution in [2.45, 2.75) is 70.7 Å². The van der Waals surface area contributed by atoms with Crippen molar-refractivity contribution in [3.05, 3.63) is 12.2 Å². The molecule has 1 N–H and O–H groups in total. The minimum Gasteiger partial charge on any atom is -0.390 e. The number of unbranched alkanes of at least 4 members (excludes halogenated alkanes) is 1. The Balaban J connectivity index is 2.35. The standard InChI is InChI=1S/C16H30O3/c1-4-5-8-13(2)15(18-3)10-6-11-16-14(17)9-7-12-19-16/h6,10,13-17H,4-5,7-9,11-12H2,1-3H3/b10-6-/t13-,14+,15+,16-/m0/s1. The quantitative estimate of drug-likeness (QED) is 0.688. The molecule has 0 aromatic carbocycles. The van der Waals surface area contributed by atoms with Crippen LogP contribution in [0.15, 0.2) is 12.2 Å². The summed E-state index contributed by atoms with van der Waals surface area (Å²) in [5.41, 5.74) is 0. The van der Waals surface area contributed by atoms with E-state index in [0.29, 0.717) is 5.92 Å². The van der Waals surface area contributed by atoms with Crippen molar-refractivity contribution in [1.82, 2.24) is 0 Å².